The Bertz CT molecular complexity index is 361. The van der Waals surface area contributed by atoms with E-state index >= 15 is 0 Å². The molecule has 0 fully saturated rings. The first kappa shape index (κ1) is 15.1. The monoisotopic (exact) mass is 255 g/mol. The second kappa shape index (κ2) is 8.31. The van der Waals surface area contributed by atoms with Crippen molar-refractivity contribution >= 4 is 34.5 Å². The molecule has 0 spiro atoms. The van der Waals surface area contributed by atoms with Crippen LogP contribution in [-0.4, -0.2) is 4.99 Å². The van der Waals surface area contributed by atoms with Crippen LogP contribution in [0.2, 0.25) is 5.02 Å². The number of hydrogen-bond acceptors (Lipinski definition) is 1. The van der Waals surface area contributed by atoms with E-state index in [1.54, 1.807) is 0 Å². The van der Waals surface area contributed by atoms with Crippen LogP contribution in [0.15, 0.2) is 30.9 Å². The summed E-state index contributed by atoms with van der Waals surface area (Å²) < 4.78 is 0. The maximum absolute atomic E-state index is 5.86. The smallest absolute Gasteiger partial charge is 0.0765 e. The Morgan fingerprint density at radius 1 is 1.56 bits per heavy atom. The maximum Gasteiger partial charge on any atom is 0.0765 e. The van der Waals surface area contributed by atoms with Crippen LogP contribution >= 0.6 is 23.8 Å². The Kier molecular flexibility index (Phi) is 7.86. The first-order valence-electron chi connectivity index (χ1n) is 5.15. The quantitative estimate of drug-likeness (QED) is 0.590. The Labute approximate surface area is 109 Å². The summed E-state index contributed by atoms with van der Waals surface area (Å²) in [6, 6.07) is 5.74. The predicted molar refractivity (Wildman–Crippen MR) is 78.6 cm³/mol. The molecular formula is C13H18ClNS. The van der Waals surface area contributed by atoms with Crippen molar-refractivity contribution in [2.75, 3.05) is 5.32 Å². The Hall–Kier alpha value is -0.860. The molecule has 0 bridgehead atoms. The van der Waals surface area contributed by atoms with Gasteiger partial charge in [-0.3, -0.25) is 0 Å². The molecule has 16 heavy (non-hydrogen) atoms. The van der Waals surface area contributed by atoms with Crippen LogP contribution in [-0.2, 0) is 0 Å². The van der Waals surface area contributed by atoms with Gasteiger partial charge in [0.1, 0.15) is 0 Å². The first-order valence-corrected chi connectivity index (χ1v) is 5.94. The van der Waals surface area contributed by atoms with Crippen LogP contribution < -0.4 is 5.32 Å². The van der Waals surface area contributed by atoms with Gasteiger partial charge in [0.05, 0.1) is 4.99 Å². The highest BCUT2D eigenvalue weighted by Crippen LogP contribution is 2.19. The highest BCUT2D eigenvalue weighted by Gasteiger charge is 1.96. The van der Waals surface area contributed by atoms with Gasteiger partial charge in [-0.25, -0.2) is 0 Å². The number of anilines is 1. The van der Waals surface area contributed by atoms with Crippen molar-refractivity contribution < 1.29 is 0 Å². The van der Waals surface area contributed by atoms with Gasteiger partial charge >= 0.3 is 0 Å². The molecule has 88 valence electrons. The molecule has 0 unspecified atom stereocenters. The lowest BCUT2D eigenvalue weighted by Crippen LogP contribution is -2.03. The van der Waals surface area contributed by atoms with E-state index in [1.165, 1.54) is 0 Å². The van der Waals surface area contributed by atoms with E-state index in [-0.39, 0.29) is 0 Å². The van der Waals surface area contributed by atoms with Crippen molar-refractivity contribution in [1.82, 2.24) is 0 Å². The molecule has 1 aromatic rings. The SMILES string of the molecule is C=CCC.CC(=S)Nc1ccc(Cl)c(C)c1. The van der Waals surface area contributed by atoms with E-state index in [2.05, 4.69) is 18.8 Å². The van der Waals surface area contributed by atoms with Gasteiger partial charge in [0.25, 0.3) is 0 Å². The zero-order valence-electron chi connectivity index (χ0n) is 10.0. The highest BCUT2D eigenvalue weighted by molar-refractivity contribution is 7.80. The molecule has 0 aliphatic carbocycles. The maximum atomic E-state index is 5.86. The van der Waals surface area contributed by atoms with Gasteiger partial charge in [-0.05, 0) is 44.0 Å². The third kappa shape index (κ3) is 6.59. The summed E-state index contributed by atoms with van der Waals surface area (Å²) in [5.74, 6) is 0. The molecule has 1 nitrogen and oxygen atoms in total. The molecule has 0 saturated carbocycles. The number of allylic oxidation sites excluding steroid dienone is 1. The summed E-state index contributed by atoms with van der Waals surface area (Å²) in [4.78, 5) is 0.761. The average molecular weight is 256 g/mol. The lowest BCUT2D eigenvalue weighted by Gasteiger charge is -2.05. The predicted octanol–water partition coefficient (Wildman–Crippen LogP) is 4.99. The fraction of sp³-hybridized carbons (Fsp3) is 0.308. The zero-order chi connectivity index (χ0) is 12.6. The summed E-state index contributed by atoms with van der Waals surface area (Å²) in [6.45, 7) is 9.35. The number of rotatable bonds is 2. The fourth-order valence-corrected chi connectivity index (χ4v) is 1.16. The van der Waals surface area contributed by atoms with Crippen molar-refractivity contribution in [3.63, 3.8) is 0 Å². The van der Waals surface area contributed by atoms with Gasteiger partial charge in [-0.2, -0.15) is 0 Å². The van der Waals surface area contributed by atoms with E-state index in [9.17, 15) is 0 Å². The molecule has 1 aromatic carbocycles. The van der Waals surface area contributed by atoms with Gasteiger partial charge in [0.15, 0.2) is 0 Å². The van der Waals surface area contributed by atoms with Crippen LogP contribution in [0, 0.1) is 6.92 Å². The Balaban J connectivity index is 0.000000487. The lowest BCUT2D eigenvalue weighted by molar-refractivity contribution is 1.23. The minimum absolute atomic E-state index is 0.761. The molecule has 0 aliphatic rings. The number of halogens is 1. The van der Waals surface area contributed by atoms with Gasteiger partial charge in [0.2, 0.25) is 0 Å². The van der Waals surface area contributed by atoms with E-state index < -0.39 is 0 Å². The van der Waals surface area contributed by atoms with Gasteiger partial charge in [-0.15, -0.1) is 6.58 Å². The summed E-state index contributed by atoms with van der Waals surface area (Å²) in [7, 11) is 0. The van der Waals surface area contributed by atoms with E-state index in [0.29, 0.717) is 0 Å². The van der Waals surface area contributed by atoms with Gasteiger partial charge in [0, 0.05) is 10.7 Å². The summed E-state index contributed by atoms with van der Waals surface area (Å²) in [6.07, 6.45) is 2.96. The van der Waals surface area contributed by atoms with Crippen LogP contribution in [0.25, 0.3) is 0 Å². The molecule has 0 radical (unpaired) electrons. The number of hydrogen-bond donors (Lipinski definition) is 1. The van der Waals surface area contributed by atoms with Crippen LogP contribution in [0.4, 0.5) is 5.69 Å². The van der Waals surface area contributed by atoms with E-state index in [4.69, 9.17) is 23.8 Å². The molecule has 0 amide bonds. The van der Waals surface area contributed by atoms with E-state index in [0.717, 1.165) is 27.7 Å². The van der Waals surface area contributed by atoms with Gasteiger partial charge < -0.3 is 5.32 Å². The molecule has 1 N–H and O–H groups in total. The summed E-state index contributed by atoms with van der Waals surface area (Å²) in [5, 5.41) is 3.83. The molecule has 0 saturated heterocycles. The number of nitrogens with one attached hydrogen (secondary N) is 1. The van der Waals surface area contributed by atoms with Crippen molar-refractivity contribution in [2.24, 2.45) is 0 Å². The second-order valence-corrected chi connectivity index (χ2v) is 4.36. The van der Waals surface area contributed by atoms with Crippen LogP contribution in [0.1, 0.15) is 25.8 Å². The standard InChI is InChI=1S/C9H10ClNS.C4H8/c1-6-5-8(11-7(2)12)3-4-9(6)10;1-3-4-2/h3-5H,1-2H3,(H,11,12);3H,1,4H2,2H3. The minimum atomic E-state index is 0.761. The molecule has 0 atom stereocenters. The van der Waals surface area contributed by atoms with Crippen molar-refractivity contribution in [3.05, 3.63) is 41.4 Å². The Morgan fingerprint density at radius 3 is 2.50 bits per heavy atom. The third-order valence-corrected chi connectivity index (χ3v) is 2.29. The summed E-state index contributed by atoms with van der Waals surface area (Å²) >= 11 is 10.8. The summed E-state index contributed by atoms with van der Waals surface area (Å²) in [5.41, 5.74) is 2.04. The minimum Gasteiger partial charge on any atom is -0.350 e. The molecule has 0 aliphatic heterocycles. The molecule has 0 heterocycles. The molecule has 0 aromatic heterocycles. The van der Waals surface area contributed by atoms with Crippen LogP contribution in [0.5, 0.6) is 0 Å². The molecule has 1 rings (SSSR count). The van der Waals surface area contributed by atoms with Crippen molar-refractivity contribution in [1.29, 1.82) is 0 Å². The van der Waals surface area contributed by atoms with Crippen molar-refractivity contribution in [3.8, 4) is 0 Å². The van der Waals surface area contributed by atoms with Crippen molar-refractivity contribution in [2.45, 2.75) is 27.2 Å². The first-order chi connectivity index (χ1) is 7.51. The lowest BCUT2D eigenvalue weighted by atomic mass is 10.2. The topological polar surface area (TPSA) is 12.0 Å². The zero-order valence-corrected chi connectivity index (χ0v) is 11.6. The normalized spacial score (nSPS) is 8.75. The highest BCUT2D eigenvalue weighted by atomic mass is 35.5. The van der Waals surface area contributed by atoms with E-state index in [1.807, 2.05) is 38.1 Å². The number of aryl methyl sites for hydroxylation is 1. The average Bonchev–Trinajstić information content (AvgIpc) is 2.23. The third-order valence-electron chi connectivity index (χ3n) is 1.77. The number of thiocarbonyl (C=S) groups is 1. The van der Waals surface area contributed by atoms with Gasteiger partial charge in [-0.1, -0.05) is 36.8 Å². The van der Waals surface area contributed by atoms with Crippen LogP contribution in [0.3, 0.4) is 0 Å². The largest absolute Gasteiger partial charge is 0.350 e. The fourth-order valence-electron chi connectivity index (χ4n) is 0.926. The second-order valence-electron chi connectivity index (χ2n) is 3.34. The molecule has 3 heteroatoms. The molecular weight excluding hydrogens is 238 g/mol. The number of benzene rings is 1. The Morgan fingerprint density at radius 2 is 2.12 bits per heavy atom.